The van der Waals surface area contributed by atoms with Gasteiger partial charge in [0.05, 0.1) is 11.8 Å². The lowest BCUT2D eigenvalue weighted by Crippen LogP contribution is -2.32. The van der Waals surface area contributed by atoms with Gasteiger partial charge in [0, 0.05) is 13.0 Å². The molecule has 0 aliphatic rings. The summed E-state index contributed by atoms with van der Waals surface area (Å²) in [6.45, 7) is 6.10. The Bertz CT molecular complexity index is 309. The van der Waals surface area contributed by atoms with Crippen LogP contribution in [0.15, 0.2) is 0 Å². The number of sulfonamides is 1. The molecule has 0 heterocycles. The maximum atomic E-state index is 11.5. The second kappa shape index (κ2) is 6.09. The van der Waals surface area contributed by atoms with E-state index in [9.17, 15) is 8.42 Å². The van der Waals surface area contributed by atoms with Gasteiger partial charge in [-0.15, -0.1) is 0 Å². The highest BCUT2D eigenvalue weighted by Crippen LogP contribution is 2.15. The van der Waals surface area contributed by atoms with E-state index in [1.165, 1.54) is 0 Å². The molecule has 0 atom stereocenters. The average Bonchev–Trinajstić information content (AvgIpc) is 1.99. The predicted molar refractivity (Wildman–Crippen MR) is 60.7 cm³/mol. The molecule has 0 saturated carbocycles. The molecule has 0 saturated heterocycles. The van der Waals surface area contributed by atoms with Crippen LogP contribution in [-0.2, 0) is 10.0 Å². The number of hydrogen-bond donors (Lipinski definition) is 1. The second-order valence-electron chi connectivity index (χ2n) is 4.83. The monoisotopic (exact) mass is 232 g/mol. The van der Waals surface area contributed by atoms with E-state index in [1.54, 1.807) is 0 Å². The van der Waals surface area contributed by atoms with Crippen molar-refractivity contribution in [2.75, 3.05) is 12.3 Å². The first-order valence-electron chi connectivity index (χ1n) is 5.11. The van der Waals surface area contributed by atoms with Gasteiger partial charge in [-0.3, -0.25) is 0 Å². The smallest absolute Gasteiger partial charge is 0.212 e. The number of nitrogens with zero attached hydrogens (tertiary/aromatic N) is 1. The normalized spacial score (nSPS) is 12.4. The molecule has 0 aliphatic carbocycles. The molecule has 1 N–H and O–H groups in total. The Balaban J connectivity index is 3.82. The van der Waals surface area contributed by atoms with Crippen LogP contribution in [0.4, 0.5) is 0 Å². The van der Waals surface area contributed by atoms with Crippen molar-refractivity contribution in [2.45, 2.75) is 40.0 Å². The average molecular weight is 232 g/mol. The van der Waals surface area contributed by atoms with Gasteiger partial charge in [0.1, 0.15) is 0 Å². The number of unbranched alkanes of at least 4 members (excludes halogenated alkanes) is 2. The summed E-state index contributed by atoms with van der Waals surface area (Å²) in [4.78, 5) is 0. The van der Waals surface area contributed by atoms with Crippen molar-refractivity contribution >= 4 is 10.0 Å². The first-order valence-corrected chi connectivity index (χ1v) is 6.76. The zero-order valence-corrected chi connectivity index (χ0v) is 10.5. The van der Waals surface area contributed by atoms with Gasteiger partial charge in [-0.1, -0.05) is 20.8 Å². The van der Waals surface area contributed by atoms with Crippen LogP contribution in [0.3, 0.4) is 0 Å². The van der Waals surface area contributed by atoms with Gasteiger partial charge in [-0.25, -0.2) is 13.1 Å². The summed E-state index contributed by atoms with van der Waals surface area (Å²) < 4.78 is 25.5. The van der Waals surface area contributed by atoms with Crippen molar-refractivity contribution in [1.82, 2.24) is 4.72 Å². The Labute approximate surface area is 92.7 Å². The zero-order chi connectivity index (χ0) is 11.9. The molecule has 0 fully saturated rings. The minimum Gasteiger partial charge on any atom is -0.215 e. The largest absolute Gasteiger partial charge is 0.215 e. The van der Waals surface area contributed by atoms with Crippen molar-refractivity contribution in [2.24, 2.45) is 5.41 Å². The second-order valence-corrected chi connectivity index (χ2v) is 6.64. The summed E-state index contributed by atoms with van der Waals surface area (Å²) in [5.41, 5.74) is -0.224. The summed E-state index contributed by atoms with van der Waals surface area (Å²) >= 11 is 0. The molecule has 0 aromatic heterocycles. The van der Waals surface area contributed by atoms with E-state index in [4.69, 9.17) is 5.26 Å². The third-order valence-corrected chi connectivity index (χ3v) is 3.55. The lowest BCUT2D eigenvalue weighted by molar-refractivity contribution is 0.457. The summed E-state index contributed by atoms with van der Waals surface area (Å²) in [5, 5.41) is 8.29. The maximum Gasteiger partial charge on any atom is 0.212 e. The van der Waals surface area contributed by atoms with Gasteiger partial charge in [0.15, 0.2) is 0 Å². The Kier molecular flexibility index (Phi) is 5.84. The number of nitriles is 1. The molecule has 0 amide bonds. The molecule has 0 spiro atoms. The molecule has 0 aromatic carbocycles. The molecule has 0 radical (unpaired) electrons. The lowest BCUT2D eigenvalue weighted by atomic mass is 10.0. The lowest BCUT2D eigenvalue weighted by Gasteiger charge is -2.18. The minimum atomic E-state index is -3.16. The van der Waals surface area contributed by atoms with Gasteiger partial charge < -0.3 is 0 Å². The highest BCUT2D eigenvalue weighted by molar-refractivity contribution is 7.89. The number of rotatable bonds is 6. The number of nitrogens with one attached hydrogen (secondary N) is 1. The minimum absolute atomic E-state index is 0.137. The van der Waals surface area contributed by atoms with Crippen LogP contribution in [0.2, 0.25) is 0 Å². The summed E-state index contributed by atoms with van der Waals surface area (Å²) in [6, 6.07) is 2.03. The molecular weight excluding hydrogens is 212 g/mol. The highest BCUT2D eigenvalue weighted by atomic mass is 32.2. The van der Waals surface area contributed by atoms with E-state index < -0.39 is 10.0 Å². The van der Waals surface area contributed by atoms with E-state index in [0.717, 1.165) is 12.8 Å². The molecule has 0 aliphatic heterocycles. The van der Waals surface area contributed by atoms with Gasteiger partial charge in [-0.05, 0) is 18.3 Å². The van der Waals surface area contributed by atoms with Crippen molar-refractivity contribution in [1.29, 1.82) is 5.26 Å². The summed E-state index contributed by atoms with van der Waals surface area (Å²) in [6.07, 6.45) is 1.95. The van der Waals surface area contributed by atoms with Gasteiger partial charge >= 0.3 is 0 Å². The Morgan fingerprint density at radius 2 is 1.87 bits per heavy atom. The number of hydrogen-bond acceptors (Lipinski definition) is 3. The molecular formula is C10H20N2O2S. The fraction of sp³-hybridized carbons (Fsp3) is 0.900. The van der Waals surface area contributed by atoms with Crippen molar-refractivity contribution in [3.63, 3.8) is 0 Å². The maximum absolute atomic E-state index is 11.5. The van der Waals surface area contributed by atoms with Crippen LogP contribution < -0.4 is 4.72 Å². The van der Waals surface area contributed by atoms with Gasteiger partial charge in [-0.2, -0.15) is 5.26 Å². The van der Waals surface area contributed by atoms with Crippen molar-refractivity contribution in [3.8, 4) is 6.07 Å². The molecule has 0 unspecified atom stereocenters. The molecule has 0 aromatic rings. The van der Waals surface area contributed by atoms with Crippen LogP contribution in [-0.4, -0.2) is 20.7 Å². The van der Waals surface area contributed by atoms with Gasteiger partial charge in [0.25, 0.3) is 0 Å². The highest BCUT2D eigenvalue weighted by Gasteiger charge is 2.20. The predicted octanol–water partition coefficient (Wildman–Crippen LogP) is 1.65. The van der Waals surface area contributed by atoms with Crippen LogP contribution in [0.25, 0.3) is 0 Å². The third kappa shape index (κ3) is 9.70. The van der Waals surface area contributed by atoms with E-state index in [0.29, 0.717) is 13.0 Å². The fourth-order valence-corrected chi connectivity index (χ4v) is 2.88. The van der Waals surface area contributed by atoms with E-state index in [1.807, 2.05) is 26.8 Å². The molecule has 4 nitrogen and oxygen atoms in total. The summed E-state index contributed by atoms with van der Waals surface area (Å²) in [5.74, 6) is 0.137. The SMILES string of the molecule is CC(C)(C)CS(=O)(=O)NCCCCC#N. The van der Waals surface area contributed by atoms with Crippen LogP contribution >= 0.6 is 0 Å². The van der Waals surface area contributed by atoms with Gasteiger partial charge in [0.2, 0.25) is 10.0 Å². The molecule has 5 heteroatoms. The molecule has 0 bridgehead atoms. The summed E-state index contributed by atoms with van der Waals surface area (Å²) in [7, 11) is -3.16. The zero-order valence-electron chi connectivity index (χ0n) is 9.71. The first-order chi connectivity index (χ1) is 6.77. The van der Waals surface area contributed by atoms with Crippen molar-refractivity contribution in [3.05, 3.63) is 0 Å². The van der Waals surface area contributed by atoms with E-state index >= 15 is 0 Å². The topological polar surface area (TPSA) is 70.0 Å². The Morgan fingerprint density at radius 1 is 1.27 bits per heavy atom. The van der Waals surface area contributed by atoms with Crippen LogP contribution in [0.5, 0.6) is 0 Å². The first kappa shape index (κ1) is 14.4. The standard InChI is InChI=1S/C10H20N2O2S/c1-10(2,3)9-15(13,14)12-8-6-4-5-7-11/h12H,4-6,8-9H2,1-3H3. The van der Waals surface area contributed by atoms with E-state index in [-0.39, 0.29) is 11.2 Å². The quantitative estimate of drug-likeness (QED) is 0.708. The van der Waals surface area contributed by atoms with E-state index in [2.05, 4.69) is 4.72 Å². The Morgan fingerprint density at radius 3 is 2.33 bits per heavy atom. The fourth-order valence-electron chi connectivity index (χ4n) is 1.18. The third-order valence-electron chi connectivity index (χ3n) is 1.66. The van der Waals surface area contributed by atoms with Crippen LogP contribution in [0, 0.1) is 16.7 Å². The van der Waals surface area contributed by atoms with Crippen LogP contribution in [0.1, 0.15) is 40.0 Å². The Hall–Kier alpha value is -0.600. The molecule has 88 valence electrons. The molecule has 15 heavy (non-hydrogen) atoms. The van der Waals surface area contributed by atoms with Crippen molar-refractivity contribution < 1.29 is 8.42 Å². The molecule has 0 rings (SSSR count).